The van der Waals surface area contributed by atoms with Gasteiger partial charge < -0.3 is 19.5 Å². The van der Waals surface area contributed by atoms with Crippen LogP contribution in [-0.2, 0) is 0 Å². The number of hydrogen-bond donors (Lipinski definition) is 1. The third-order valence-corrected chi connectivity index (χ3v) is 3.39. The van der Waals surface area contributed by atoms with Gasteiger partial charge in [-0.15, -0.1) is 0 Å². The number of nitrogens with one attached hydrogen (secondary N) is 1. The maximum absolute atomic E-state index is 5.61. The maximum Gasteiger partial charge on any atom is 0.213 e. The Morgan fingerprint density at radius 1 is 1.14 bits per heavy atom. The van der Waals surface area contributed by atoms with Crippen molar-refractivity contribution >= 4 is 5.69 Å². The van der Waals surface area contributed by atoms with Gasteiger partial charge in [-0.25, -0.2) is 4.98 Å². The smallest absolute Gasteiger partial charge is 0.213 e. The lowest BCUT2D eigenvalue weighted by atomic mass is 10.1. The molecule has 2 aromatic rings. The molecule has 0 saturated carbocycles. The van der Waals surface area contributed by atoms with E-state index < -0.39 is 0 Å². The van der Waals surface area contributed by atoms with Gasteiger partial charge in [-0.05, 0) is 30.7 Å². The summed E-state index contributed by atoms with van der Waals surface area (Å²) in [5, 5.41) is 3.40. The molecule has 1 N–H and O–H groups in total. The molecule has 1 aromatic heterocycles. The Balaban J connectivity index is 1.73. The van der Waals surface area contributed by atoms with Crippen molar-refractivity contribution in [1.82, 2.24) is 4.98 Å². The van der Waals surface area contributed by atoms with E-state index in [2.05, 4.69) is 17.2 Å². The van der Waals surface area contributed by atoms with Gasteiger partial charge in [0.2, 0.25) is 5.88 Å². The summed E-state index contributed by atoms with van der Waals surface area (Å²) in [4.78, 5) is 4.18. The average Bonchev–Trinajstić information content (AvgIpc) is 2.55. The van der Waals surface area contributed by atoms with Crippen LogP contribution in [0.5, 0.6) is 17.4 Å². The molecule has 3 rings (SSSR count). The first kappa shape index (κ1) is 13.5. The number of pyridine rings is 1. The quantitative estimate of drug-likeness (QED) is 0.936. The molecule has 1 unspecified atom stereocenters. The Hall–Kier alpha value is -2.43. The molecular weight excluding hydrogens is 268 g/mol. The number of fused-ring (bicyclic) bond motifs is 1. The molecule has 0 saturated heterocycles. The number of anilines is 1. The number of rotatable bonds is 4. The number of benzene rings is 1. The topological polar surface area (TPSA) is 52.6 Å². The molecule has 1 aliphatic heterocycles. The standard InChI is InChI=1S/C16H18N2O3/c1-11(18-13-4-6-16(19-2)17-10-13)12-3-5-14-15(9-12)21-8-7-20-14/h3-6,9-11,18H,7-8H2,1-2H3. The highest BCUT2D eigenvalue weighted by atomic mass is 16.6. The van der Waals surface area contributed by atoms with E-state index in [9.17, 15) is 0 Å². The minimum atomic E-state index is 0.135. The number of methoxy groups -OCH3 is 1. The molecule has 2 heterocycles. The molecule has 0 fully saturated rings. The summed E-state index contributed by atoms with van der Waals surface area (Å²) in [6.07, 6.45) is 1.76. The molecule has 1 atom stereocenters. The zero-order valence-corrected chi connectivity index (χ0v) is 12.1. The first-order chi connectivity index (χ1) is 10.3. The molecule has 0 radical (unpaired) electrons. The molecule has 1 aromatic carbocycles. The maximum atomic E-state index is 5.61. The zero-order valence-electron chi connectivity index (χ0n) is 12.1. The largest absolute Gasteiger partial charge is 0.486 e. The molecular formula is C16H18N2O3. The highest BCUT2D eigenvalue weighted by molar-refractivity contribution is 5.48. The minimum absolute atomic E-state index is 0.135. The van der Waals surface area contributed by atoms with Crippen molar-refractivity contribution < 1.29 is 14.2 Å². The minimum Gasteiger partial charge on any atom is -0.486 e. The third-order valence-electron chi connectivity index (χ3n) is 3.39. The molecule has 0 spiro atoms. The molecule has 21 heavy (non-hydrogen) atoms. The summed E-state index contributed by atoms with van der Waals surface area (Å²) in [5.74, 6) is 2.22. The second-order valence-corrected chi connectivity index (χ2v) is 4.86. The van der Waals surface area contributed by atoms with Gasteiger partial charge in [0.15, 0.2) is 11.5 Å². The predicted octanol–water partition coefficient (Wildman–Crippen LogP) is 3.03. The van der Waals surface area contributed by atoms with Crippen molar-refractivity contribution in [2.75, 3.05) is 25.6 Å². The fourth-order valence-corrected chi connectivity index (χ4v) is 2.25. The Kier molecular flexibility index (Phi) is 3.81. The van der Waals surface area contributed by atoms with Crippen LogP contribution in [-0.4, -0.2) is 25.3 Å². The molecule has 0 bridgehead atoms. The van der Waals surface area contributed by atoms with Crippen LogP contribution in [0.15, 0.2) is 36.5 Å². The van der Waals surface area contributed by atoms with E-state index in [1.54, 1.807) is 13.3 Å². The van der Waals surface area contributed by atoms with Gasteiger partial charge >= 0.3 is 0 Å². The van der Waals surface area contributed by atoms with E-state index in [1.807, 2.05) is 30.3 Å². The number of ether oxygens (including phenoxy) is 3. The van der Waals surface area contributed by atoms with E-state index in [-0.39, 0.29) is 6.04 Å². The van der Waals surface area contributed by atoms with Gasteiger partial charge in [0.05, 0.1) is 19.0 Å². The van der Waals surface area contributed by atoms with Gasteiger partial charge in [-0.1, -0.05) is 6.07 Å². The van der Waals surface area contributed by atoms with Crippen molar-refractivity contribution in [3.8, 4) is 17.4 Å². The van der Waals surface area contributed by atoms with Gasteiger partial charge in [-0.3, -0.25) is 0 Å². The SMILES string of the molecule is COc1ccc(NC(C)c2ccc3c(c2)OCCO3)cn1. The molecule has 5 heteroatoms. The Bertz CT molecular complexity index is 613. The van der Waals surface area contributed by atoms with Crippen LogP contribution in [0.25, 0.3) is 0 Å². The lowest BCUT2D eigenvalue weighted by Crippen LogP contribution is -2.16. The summed E-state index contributed by atoms with van der Waals surface area (Å²) < 4.78 is 16.2. The van der Waals surface area contributed by atoms with Crippen LogP contribution >= 0.6 is 0 Å². The van der Waals surface area contributed by atoms with Gasteiger partial charge in [0, 0.05) is 12.1 Å². The average molecular weight is 286 g/mol. The lowest BCUT2D eigenvalue weighted by Gasteiger charge is -2.21. The van der Waals surface area contributed by atoms with E-state index in [4.69, 9.17) is 14.2 Å². The fraction of sp³-hybridized carbons (Fsp3) is 0.312. The van der Waals surface area contributed by atoms with Crippen LogP contribution in [0.2, 0.25) is 0 Å². The Morgan fingerprint density at radius 2 is 1.95 bits per heavy atom. The number of nitrogens with zero attached hydrogens (tertiary/aromatic N) is 1. The summed E-state index contributed by atoms with van der Waals surface area (Å²) in [6, 6.07) is 9.93. The summed E-state index contributed by atoms with van der Waals surface area (Å²) in [5.41, 5.74) is 2.08. The van der Waals surface area contributed by atoms with Crippen LogP contribution in [0.1, 0.15) is 18.5 Å². The second kappa shape index (κ2) is 5.91. The predicted molar refractivity (Wildman–Crippen MR) is 80.3 cm³/mol. The summed E-state index contributed by atoms with van der Waals surface area (Å²) in [7, 11) is 1.60. The second-order valence-electron chi connectivity index (χ2n) is 4.86. The fourth-order valence-electron chi connectivity index (χ4n) is 2.25. The van der Waals surface area contributed by atoms with Crippen molar-refractivity contribution in [2.24, 2.45) is 0 Å². The number of aromatic nitrogens is 1. The van der Waals surface area contributed by atoms with Crippen molar-refractivity contribution in [3.63, 3.8) is 0 Å². The summed E-state index contributed by atoms with van der Waals surface area (Å²) >= 11 is 0. The van der Waals surface area contributed by atoms with Crippen molar-refractivity contribution in [3.05, 3.63) is 42.1 Å². The van der Waals surface area contributed by atoms with Gasteiger partial charge in [-0.2, -0.15) is 0 Å². The molecule has 5 nitrogen and oxygen atoms in total. The third kappa shape index (κ3) is 3.02. The highest BCUT2D eigenvalue weighted by Gasteiger charge is 2.14. The van der Waals surface area contributed by atoms with E-state index >= 15 is 0 Å². The van der Waals surface area contributed by atoms with Crippen molar-refractivity contribution in [2.45, 2.75) is 13.0 Å². The molecule has 0 amide bonds. The molecule has 1 aliphatic rings. The first-order valence-electron chi connectivity index (χ1n) is 6.92. The van der Waals surface area contributed by atoms with Crippen LogP contribution in [0.3, 0.4) is 0 Å². The van der Waals surface area contributed by atoms with Crippen molar-refractivity contribution in [1.29, 1.82) is 0 Å². The summed E-state index contributed by atoms with van der Waals surface area (Å²) in [6.45, 7) is 3.30. The Labute approximate surface area is 123 Å². The Morgan fingerprint density at radius 3 is 2.67 bits per heavy atom. The van der Waals surface area contributed by atoms with Gasteiger partial charge in [0.1, 0.15) is 13.2 Å². The van der Waals surface area contributed by atoms with Gasteiger partial charge in [0.25, 0.3) is 0 Å². The van der Waals surface area contributed by atoms with E-state index in [1.165, 1.54) is 0 Å². The monoisotopic (exact) mass is 286 g/mol. The molecule has 0 aliphatic carbocycles. The first-order valence-corrected chi connectivity index (χ1v) is 6.92. The lowest BCUT2D eigenvalue weighted by molar-refractivity contribution is 0.171. The highest BCUT2D eigenvalue weighted by Crippen LogP contribution is 2.33. The van der Waals surface area contributed by atoms with E-state index in [0.29, 0.717) is 19.1 Å². The zero-order chi connectivity index (χ0) is 14.7. The van der Waals surface area contributed by atoms with Crippen LogP contribution in [0, 0.1) is 0 Å². The number of hydrogen-bond acceptors (Lipinski definition) is 5. The van der Waals surface area contributed by atoms with Crippen LogP contribution < -0.4 is 19.5 Å². The normalized spacial score (nSPS) is 14.4. The van der Waals surface area contributed by atoms with Crippen LogP contribution in [0.4, 0.5) is 5.69 Å². The van der Waals surface area contributed by atoms with E-state index in [0.717, 1.165) is 22.7 Å². The molecule has 110 valence electrons.